The molecule has 0 aliphatic rings. The van der Waals surface area contributed by atoms with Crippen LogP contribution in [0.2, 0.25) is 0 Å². The number of carbonyl (C=O) groups is 3. The third kappa shape index (κ3) is 4.73. The fraction of sp³-hybridized carbons (Fsp3) is 0.125. The average Bonchev–Trinajstić information content (AvgIpc) is 3.46. The molecule has 0 aliphatic heterocycles. The number of rotatable bonds is 8. The summed E-state index contributed by atoms with van der Waals surface area (Å²) in [5.74, 6) is -1.06. The highest BCUT2D eigenvalue weighted by Crippen LogP contribution is 2.30. The lowest BCUT2D eigenvalue weighted by molar-refractivity contribution is -0.142. The van der Waals surface area contributed by atoms with E-state index in [0.29, 0.717) is 16.1 Å². The molecule has 0 fully saturated rings. The Balaban J connectivity index is 1.40. The number of hydrogen-bond donors (Lipinski definition) is 2. The molecule has 2 heterocycles. The molecule has 7 heteroatoms. The summed E-state index contributed by atoms with van der Waals surface area (Å²) in [4.78, 5) is 40.8. The summed E-state index contributed by atoms with van der Waals surface area (Å²) in [6.45, 7) is -0.217. The second-order valence-electron chi connectivity index (χ2n) is 6.85. The lowest BCUT2D eigenvalue weighted by Gasteiger charge is -2.07. The molecule has 6 nitrogen and oxygen atoms in total. The zero-order valence-electron chi connectivity index (χ0n) is 16.6. The molecule has 4 aromatic rings. The van der Waals surface area contributed by atoms with Crippen molar-refractivity contribution >= 4 is 39.9 Å². The van der Waals surface area contributed by atoms with Crippen LogP contribution in [-0.2, 0) is 9.53 Å². The summed E-state index contributed by atoms with van der Waals surface area (Å²) in [6.07, 6.45) is -0.0101. The number of ketones is 1. The molecule has 1 amide bonds. The topological polar surface area (TPSA) is 88.3 Å². The number of ether oxygens (including phenoxy) is 1. The first-order valence-electron chi connectivity index (χ1n) is 9.80. The molecule has 2 N–H and O–H groups in total. The summed E-state index contributed by atoms with van der Waals surface area (Å²) >= 11 is 1.33. The Morgan fingerprint density at radius 3 is 2.48 bits per heavy atom. The molecule has 0 bridgehead atoms. The lowest BCUT2D eigenvalue weighted by Crippen LogP contribution is -2.26. The maximum Gasteiger partial charge on any atom is 0.308 e. The van der Waals surface area contributed by atoms with Crippen molar-refractivity contribution in [2.75, 3.05) is 13.2 Å². The zero-order valence-corrected chi connectivity index (χ0v) is 17.4. The molecule has 2 aromatic carbocycles. The Morgan fingerprint density at radius 1 is 0.935 bits per heavy atom. The quantitative estimate of drug-likeness (QED) is 0.318. The van der Waals surface area contributed by atoms with E-state index in [4.69, 9.17) is 4.74 Å². The van der Waals surface area contributed by atoms with Crippen molar-refractivity contribution in [3.63, 3.8) is 0 Å². The molecular weight excluding hydrogens is 412 g/mol. The summed E-state index contributed by atoms with van der Waals surface area (Å²) in [5.41, 5.74) is 2.92. The predicted octanol–water partition coefficient (Wildman–Crippen LogP) is 4.44. The Morgan fingerprint density at radius 2 is 1.71 bits per heavy atom. The average molecular weight is 433 g/mol. The van der Waals surface area contributed by atoms with Gasteiger partial charge < -0.3 is 15.0 Å². The van der Waals surface area contributed by atoms with Crippen molar-refractivity contribution in [1.82, 2.24) is 10.3 Å². The molecule has 4 rings (SSSR count). The first-order valence-corrected chi connectivity index (χ1v) is 10.7. The van der Waals surface area contributed by atoms with Crippen LogP contribution in [0.25, 0.3) is 22.2 Å². The second-order valence-corrected chi connectivity index (χ2v) is 7.80. The standard InChI is InChI=1S/C24H20N2O4S/c27-19(15-30-21(28)12-13-25-24(29)20-11-6-14-31-20)22-17-9-4-5-10-18(17)26-23(22)16-7-2-1-3-8-16/h1-11,14,26H,12-13,15H2,(H,25,29). The fourth-order valence-corrected chi connectivity index (χ4v) is 3.96. The van der Waals surface area contributed by atoms with Crippen molar-refractivity contribution in [3.05, 3.63) is 82.6 Å². The Labute approximate surface area is 182 Å². The van der Waals surface area contributed by atoms with E-state index < -0.39 is 5.97 Å². The largest absolute Gasteiger partial charge is 0.457 e. The van der Waals surface area contributed by atoms with Crippen LogP contribution in [0, 0.1) is 0 Å². The number of Topliss-reactive ketones (excluding diaryl/α,β-unsaturated/α-hetero) is 1. The molecular formula is C24H20N2O4S. The van der Waals surface area contributed by atoms with Gasteiger partial charge in [0.05, 0.1) is 22.6 Å². The van der Waals surface area contributed by atoms with Gasteiger partial charge in [0, 0.05) is 17.4 Å². The highest BCUT2D eigenvalue weighted by Gasteiger charge is 2.20. The molecule has 0 radical (unpaired) electrons. The molecule has 0 unspecified atom stereocenters. The number of para-hydroxylation sites is 1. The SMILES string of the molecule is O=C(CCNC(=O)c1cccs1)OCC(=O)c1c(-c2ccccc2)[nH]c2ccccc12. The number of hydrogen-bond acceptors (Lipinski definition) is 5. The third-order valence-electron chi connectivity index (χ3n) is 4.77. The van der Waals surface area contributed by atoms with E-state index in [2.05, 4.69) is 10.3 Å². The normalized spacial score (nSPS) is 10.7. The summed E-state index contributed by atoms with van der Waals surface area (Å²) < 4.78 is 5.19. The first kappa shape index (κ1) is 20.6. The van der Waals surface area contributed by atoms with E-state index in [-0.39, 0.29) is 31.3 Å². The van der Waals surface area contributed by atoms with Gasteiger partial charge in [-0.3, -0.25) is 14.4 Å². The second kappa shape index (κ2) is 9.40. The van der Waals surface area contributed by atoms with Crippen molar-refractivity contribution in [2.45, 2.75) is 6.42 Å². The Bertz CT molecular complexity index is 1210. The molecule has 0 saturated carbocycles. The number of fused-ring (bicyclic) bond motifs is 1. The minimum Gasteiger partial charge on any atom is -0.457 e. The molecule has 0 saturated heterocycles. The molecule has 0 aliphatic carbocycles. The molecule has 0 atom stereocenters. The highest BCUT2D eigenvalue weighted by molar-refractivity contribution is 7.12. The monoisotopic (exact) mass is 432 g/mol. The van der Waals surface area contributed by atoms with Gasteiger partial charge in [-0.2, -0.15) is 0 Å². The minimum absolute atomic E-state index is 0.0101. The highest BCUT2D eigenvalue weighted by atomic mass is 32.1. The lowest BCUT2D eigenvalue weighted by atomic mass is 10.0. The Hall–Kier alpha value is -3.71. The number of aromatic amines is 1. The van der Waals surface area contributed by atoms with E-state index >= 15 is 0 Å². The van der Waals surface area contributed by atoms with E-state index in [9.17, 15) is 14.4 Å². The molecule has 156 valence electrons. The van der Waals surface area contributed by atoms with Crippen molar-refractivity contribution < 1.29 is 19.1 Å². The van der Waals surface area contributed by atoms with Gasteiger partial charge in [0.1, 0.15) is 0 Å². The van der Waals surface area contributed by atoms with Gasteiger partial charge >= 0.3 is 5.97 Å². The van der Waals surface area contributed by atoms with Crippen LogP contribution in [-0.4, -0.2) is 35.8 Å². The van der Waals surface area contributed by atoms with Crippen molar-refractivity contribution in [3.8, 4) is 11.3 Å². The molecule has 31 heavy (non-hydrogen) atoms. The smallest absolute Gasteiger partial charge is 0.308 e. The van der Waals surface area contributed by atoms with Crippen LogP contribution in [0.15, 0.2) is 72.1 Å². The minimum atomic E-state index is -0.541. The van der Waals surface area contributed by atoms with Crippen LogP contribution in [0.1, 0.15) is 26.5 Å². The van der Waals surface area contributed by atoms with Gasteiger partial charge in [0.2, 0.25) is 5.78 Å². The number of H-pyrrole nitrogens is 1. The van der Waals surface area contributed by atoms with Crippen LogP contribution >= 0.6 is 11.3 Å². The summed E-state index contributed by atoms with van der Waals surface area (Å²) in [5, 5.41) is 5.26. The number of carbonyl (C=O) groups excluding carboxylic acids is 3. The maximum absolute atomic E-state index is 13.0. The van der Waals surface area contributed by atoms with E-state index in [1.807, 2.05) is 60.0 Å². The Kier molecular flexibility index (Phi) is 6.24. The fourth-order valence-electron chi connectivity index (χ4n) is 3.32. The van der Waals surface area contributed by atoms with Crippen molar-refractivity contribution in [1.29, 1.82) is 0 Å². The van der Waals surface area contributed by atoms with Crippen molar-refractivity contribution in [2.24, 2.45) is 0 Å². The van der Waals surface area contributed by atoms with E-state index in [1.165, 1.54) is 11.3 Å². The van der Waals surface area contributed by atoms with Crippen LogP contribution < -0.4 is 5.32 Å². The molecule has 2 aromatic heterocycles. The number of benzene rings is 2. The van der Waals surface area contributed by atoms with Gasteiger partial charge in [0.15, 0.2) is 6.61 Å². The number of aromatic nitrogens is 1. The number of thiophene rings is 1. The summed E-state index contributed by atoms with van der Waals surface area (Å²) in [7, 11) is 0. The predicted molar refractivity (Wildman–Crippen MR) is 120 cm³/mol. The van der Waals surface area contributed by atoms with Crippen LogP contribution in [0.3, 0.4) is 0 Å². The van der Waals surface area contributed by atoms with Gasteiger partial charge in [-0.05, 0) is 23.1 Å². The number of esters is 1. The van der Waals surface area contributed by atoms with E-state index in [0.717, 1.165) is 16.5 Å². The number of amides is 1. The maximum atomic E-state index is 13.0. The number of nitrogens with one attached hydrogen (secondary N) is 2. The zero-order chi connectivity index (χ0) is 21.6. The summed E-state index contributed by atoms with van der Waals surface area (Å²) in [6, 6.07) is 20.6. The molecule has 0 spiro atoms. The van der Waals surface area contributed by atoms with Gasteiger partial charge in [-0.1, -0.05) is 54.6 Å². The third-order valence-corrected chi connectivity index (χ3v) is 5.64. The van der Waals surface area contributed by atoms with Gasteiger partial charge in [-0.15, -0.1) is 11.3 Å². The van der Waals surface area contributed by atoms with Crippen LogP contribution in [0.4, 0.5) is 0 Å². The van der Waals surface area contributed by atoms with Gasteiger partial charge in [0.25, 0.3) is 5.91 Å². The van der Waals surface area contributed by atoms with E-state index in [1.54, 1.807) is 12.1 Å². The van der Waals surface area contributed by atoms with Gasteiger partial charge in [-0.25, -0.2) is 0 Å². The van der Waals surface area contributed by atoms with Crippen LogP contribution in [0.5, 0.6) is 0 Å². The first-order chi connectivity index (χ1) is 15.1.